The van der Waals surface area contributed by atoms with Crippen molar-refractivity contribution in [3.63, 3.8) is 0 Å². The maximum atomic E-state index is 13.1. The van der Waals surface area contributed by atoms with Crippen LogP contribution in [-0.4, -0.2) is 36.4 Å². The third-order valence-corrected chi connectivity index (χ3v) is 3.18. The molecule has 1 aromatic heterocycles. The van der Waals surface area contributed by atoms with Gasteiger partial charge >= 0.3 is 0 Å². The number of hydrogen-bond donors (Lipinski definition) is 1. The maximum Gasteiger partial charge on any atom is 0.228 e. The van der Waals surface area contributed by atoms with Gasteiger partial charge in [-0.1, -0.05) is 12.1 Å². The number of rotatable bonds is 7. The number of aryl methyl sites for hydroxylation is 1. The first-order chi connectivity index (χ1) is 10.1. The van der Waals surface area contributed by atoms with Gasteiger partial charge in [0.25, 0.3) is 0 Å². The van der Waals surface area contributed by atoms with Crippen molar-refractivity contribution in [3.05, 3.63) is 35.5 Å². The van der Waals surface area contributed by atoms with Gasteiger partial charge in [-0.05, 0) is 37.2 Å². The quantitative estimate of drug-likeness (QED) is 0.849. The van der Waals surface area contributed by atoms with Crippen molar-refractivity contribution in [2.24, 2.45) is 0 Å². The largest absolute Gasteiger partial charge is 0.383 e. The zero-order chi connectivity index (χ0) is 15.2. The molecule has 1 unspecified atom stereocenters. The summed E-state index contributed by atoms with van der Waals surface area (Å²) in [5.74, 6) is 0.749. The molecule has 6 heteroatoms. The molecular formula is C15H20FN3O2. The van der Waals surface area contributed by atoms with E-state index in [2.05, 4.69) is 15.5 Å². The second-order valence-electron chi connectivity index (χ2n) is 4.89. The van der Waals surface area contributed by atoms with Crippen LogP contribution in [-0.2, 0) is 11.2 Å². The average molecular weight is 293 g/mol. The van der Waals surface area contributed by atoms with Crippen LogP contribution in [0.3, 0.4) is 0 Å². The first-order valence-corrected chi connectivity index (χ1v) is 6.95. The van der Waals surface area contributed by atoms with E-state index in [9.17, 15) is 4.39 Å². The molecule has 21 heavy (non-hydrogen) atoms. The summed E-state index contributed by atoms with van der Waals surface area (Å²) >= 11 is 0. The summed E-state index contributed by atoms with van der Waals surface area (Å²) in [7, 11) is 1.66. The fraction of sp³-hybridized carbons (Fsp3) is 0.467. The van der Waals surface area contributed by atoms with Gasteiger partial charge in [0.15, 0.2) is 0 Å². The molecule has 2 rings (SSSR count). The summed E-state index contributed by atoms with van der Waals surface area (Å²) in [5, 5.41) is 7.27. The number of hydrogen-bond acceptors (Lipinski definition) is 5. The van der Waals surface area contributed by atoms with Crippen LogP contribution in [0.15, 0.2) is 22.7 Å². The lowest BCUT2D eigenvalue weighted by molar-refractivity contribution is 0.162. The smallest absolute Gasteiger partial charge is 0.228 e. The summed E-state index contributed by atoms with van der Waals surface area (Å²) in [5.41, 5.74) is 1.56. The predicted octanol–water partition coefficient (Wildman–Crippen LogP) is 2.35. The molecule has 1 N–H and O–H groups in total. The SMILES string of the molecule is CCNC(COC)Cc1nc(-c2ccc(F)cc2C)no1. The van der Waals surface area contributed by atoms with E-state index < -0.39 is 0 Å². The molecule has 1 aromatic carbocycles. The molecule has 0 aliphatic rings. The molecule has 0 amide bonds. The van der Waals surface area contributed by atoms with Crippen molar-refractivity contribution < 1.29 is 13.7 Å². The molecule has 5 nitrogen and oxygen atoms in total. The molecule has 114 valence electrons. The average Bonchev–Trinajstić information content (AvgIpc) is 2.87. The first kappa shape index (κ1) is 15.6. The van der Waals surface area contributed by atoms with Crippen LogP contribution in [0.25, 0.3) is 11.4 Å². The topological polar surface area (TPSA) is 60.2 Å². The molecule has 2 aromatic rings. The molecule has 0 spiro atoms. The minimum absolute atomic E-state index is 0.127. The number of ether oxygens (including phenoxy) is 1. The van der Waals surface area contributed by atoms with E-state index in [1.165, 1.54) is 12.1 Å². The molecular weight excluding hydrogens is 273 g/mol. The minimum Gasteiger partial charge on any atom is -0.383 e. The highest BCUT2D eigenvalue weighted by Gasteiger charge is 2.15. The molecule has 0 saturated heterocycles. The monoisotopic (exact) mass is 293 g/mol. The van der Waals surface area contributed by atoms with Gasteiger partial charge in [-0.3, -0.25) is 0 Å². The van der Waals surface area contributed by atoms with Crippen molar-refractivity contribution in [2.75, 3.05) is 20.3 Å². The Bertz CT molecular complexity index is 580. The number of benzene rings is 1. The number of halogens is 1. The van der Waals surface area contributed by atoms with E-state index in [4.69, 9.17) is 9.26 Å². The van der Waals surface area contributed by atoms with Gasteiger partial charge in [0, 0.05) is 25.1 Å². The van der Waals surface area contributed by atoms with Crippen molar-refractivity contribution in [1.29, 1.82) is 0 Å². The van der Waals surface area contributed by atoms with E-state index in [0.717, 1.165) is 17.7 Å². The molecule has 0 radical (unpaired) electrons. The summed E-state index contributed by atoms with van der Waals surface area (Å²) in [6.45, 7) is 5.26. The summed E-state index contributed by atoms with van der Waals surface area (Å²) in [4.78, 5) is 4.38. The van der Waals surface area contributed by atoms with E-state index in [-0.39, 0.29) is 11.9 Å². The van der Waals surface area contributed by atoms with E-state index in [1.807, 2.05) is 13.8 Å². The highest BCUT2D eigenvalue weighted by Crippen LogP contribution is 2.21. The fourth-order valence-corrected chi connectivity index (χ4v) is 2.22. The van der Waals surface area contributed by atoms with Crippen LogP contribution in [0.1, 0.15) is 18.4 Å². The zero-order valence-electron chi connectivity index (χ0n) is 12.5. The molecule has 0 aliphatic carbocycles. The molecule has 1 heterocycles. The van der Waals surface area contributed by atoms with Crippen LogP contribution in [0.2, 0.25) is 0 Å². The number of methoxy groups -OCH3 is 1. The Hall–Kier alpha value is -1.79. The van der Waals surface area contributed by atoms with Crippen molar-refractivity contribution >= 4 is 0 Å². The first-order valence-electron chi connectivity index (χ1n) is 6.95. The van der Waals surface area contributed by atoms with Crippen molar-refractivity contribution in [2.45, 2.75) is 26.3 Å². The number of likely N-dealkylation sites (N-methyl/N-ethyl adjacent to an activating group) is 1. The van der Waals surface area contributed by atoms with E-state index in [1.54, 1.807) is 13.2 Å². The Morgan fingerprint density at radius 1 is 1.43 bits per heavy atom. The molecule has 0 fully saturated rings. The molecule has 0 bridgehead atoms. The third kappa shape index (κ3) is 4.09. The van der Waals surface area contributed by atoms with Gasteiger partial charge < -0.3 is 14.6 Å². The number of nitrogens with one attached hydrogen (secondary N) is 1. The number of nitrogens with zero attached hydrogens (tertiary/aromatic N) is 2. The second kappa shape index (κ2) is 7.28. The van der Waals surface area contributed by atoms with Gasteiger partial charge in [-0.2, -0.15) is 4.98 Å². The highest BCUT2D eigenvalue weighted by atomic mass is 19.1. The lowest BCUT2D eigenvalue weighted by Crippen LogP contribution is -2.35. The summed E-state index contributed by atoms with van der Waals surface area (Å²) < 4.78 is 23.6. The number of aromatic nitrogens is 2. The van der Waals surface area contributed by atoms with Crippen molar-refractivity contribution in [3.8, 4) is 11.4 Å². The lowest BCUT2D eigenvalue weighted by Gasteiger charge is -2.14. The molecule has 0 aliphatic heterocycles. The summed E-state index contributed by atoms with van der Waals surface area (Å²) in [6.07, 6.45) is 0.592. The third-order valence-electron chi connectivity index (χ3n) is 3.18. The zero-order valence-corrected chi connectivity index (χ0v) is 12.5. The standard InChI is InChI=1S/C15H20FN3O2/c1-4-17-12(9-20-3)8-14-18-15(19-21-14)13-6-5-11(16)7-10(13)2/h5-7,12,17H,4,8-9H2,1-3H3. The Labute approximate surface area is 123 Å². The van der Waals surface area contributed by atoms with Gasteiger partial charge in [-0.25, -0.2) is 4.39 Å². The van der Waals surface area contributed by atoms with Crippen LogP contribution < -0.4 is 5.32 Å². The minimum atomic E-state index is -0.271. The predicted molar refractivity (Wildman–Crippen MR) is 77.5 cm³/mol. The van der Waals surface area contributed by atoms with Gasteiger partial charge in [-0.15, -0.1) is 0 Å². The van der Waals surface area contributed by atoms with Gasteiger partial charge in [0.05, 0.1) is 6.61 Å². The Morgan fingerprint density at radius 2 is 2.24 bits per heavy atom. The fourth-order valence-electron chi connectivity index (χ4n) is 2.22. The van der Waals surface area contributed by atoms with E-state index >= 15 is 0 Å². The van der Waals surface area contributed by atoms with Crippen LogP contribution in [0.4, 0.5) is 4.39 Å². The Morgan fingerprint density at radius 3 is 2.90 bits per heavy atom. The molecule has 0 saturated carbocycles. The summed E-state index contributed by atoms with van der Waals surface area (Å²) in [6, 6.07) is 4.64. The Kier molecular flexibility index (Phi) is 5.41. The van der Waals surface area contributed by atoms with Crippen LogP contribution >= 0.6 is 0 Å². The lowest BCUT2D eigenvalue weighted by atomic mass is 10.1. The normalized spacial score (nSPS) is 12.6. The van der Waals surface area contributed by atoms with E-state index in [0.29, 0.717) is 24.7 Å². The van der Waals surface area contributed by atoms with Gasteiger partial charge in [0.1, 0.15) is 5.82 Å². The van der Waals surface area contributed by atoms with Gasteiger partial charge in [0.2, 0.25) is 11.7 Å². The highest BCUT2D eigenvalue weighted by molar-refractivity contribution is 5.59. The van der Waals surface area contributed by atoms with Crippen LogP contribution in [0, 0.1) is 12.7 Å². The van der Waals surface area contributed by atoms with Crippen molar-refractivity contribution in [1.82, 2.24) is 15.5 Å². The maximum absolute atomic E-state index is 13.1. The second-order valence-corrected chi connectivity index (χ2v) is 4.89. The molecule has 1 atom stereocenters. The van der Waals surface area contributed by atoms with Crippen LogP contribution in [0.5, 0.6) is 0 Å². The Balaban J connectivity index is 2.13.